The average molecular weight is 406 g/mol. The van der Waals surface area contributed by atoms with Gasteiger partial charge >= 0.3 is 6.03 Å². The molecule has 1 N–H and O–H groups in total. The molecule has 5 nitrogen and oxygen atoms in total. The molecule has 0 atom stereocenters. The van der Waals surface area contributed by atoms with Crippen LogP contribution in [0, 0.1) is 5.82 Å². The van der Waals surface area contributed by atoms with Gasteiger partial charge in [0.1, 0.15) is 5.82 Å². The van der Waals surface area contributed by atoms with Gasteiger partial charge in [-0.1, -0.05) is 34.8 Å². The Bertz CT molecular complexity index is 755. The van der Waals surface area contributed by atoms with Gasteiger partial charge in [-0.3, -0.25) is 4.98 Å². The number of carbonyl (C=O) groups is 1. The number of amides is 2. The lowest BCUT2D eigenvalue weighted by Gasteiger charge is -2.25. The van der Waals surface area contributed by atoms with Crippen LogP contribution in [0.4, 0.5) is 20.6 Å². The van der Waals surface area contributed by atoms with Crippen molar-refractivity contribution in [2.45, 2.75) is 0 Å². The second kappa shape index (κ2) is 8.56. The zero-order chi connectivity index (χ0) is 18.6. The molecule has 0 saturated carbocycles. The van der Waals surface area contributed by atoms with E-state index in [0.717, 1.165) is 0 Å². The highest BCUT2D eigenvalue weighted by molar-refractivity contribution is 6.38. The zero-order valence-electron chi connectivity index (χ0n) is 13.6. The summed E-state index contributed by atoms with van der Waals surface area (Å²) in [6.45, 7) is 0.907. The quantitative estimate of drug-likeness (QED) is 0.778. The molecule has 134 valence electrons. The first-order valence-electron chi connectivity index (χ1n) is 7.27. The minimum Gasteiger partial charge on any atom is -0.370 e. The molecular formula is C16H16Cl3FN4O. The molecule has 0 bridgehead atoms. The molecule has 0 saturated heterocycles. The molecule has 25 heavy (non-hydrogen) atoms. The lowest BCUT2D eigenvalue weighted by molar-refractivity contribution is 0.223. The summed E-state index contributed by atoms with van der Waals surface area (Å²) in [7, 11) is 3.46. The first kappa shape index (κ1) is 19.6. The van der Waals surface area contributed by atoms with E-state index in [1.807, 2.05) is 11.9 Å². The Hall–Kier alpha value is -1.76. The monoisotopic (exact) mass is 404 g/mol. The maximum Gasteiger partial charge on any atom is 0.321 e. The van der Waals surface area contributed by atoms with E-state index in [9.17, 15) is 9.18 Å². The molecule has 1 heterocycles. The van der Waals surface area contributed by atoms with Crippen LogP contribution in [0.1, 0.15) is 0 Å². The predicted octanol–water partition coefficient (Wildman–Crippen LogP) is 4.78. The maximum absolute atomic E-state index is 13.1. The minimum absolute atomic E-state index is 0.0536. The van der Waals surface area contributed by atoms with Crippen LogP contribution in [-0.4, -0.2) is 43.1 Å². The summed E-state index contributed by atoms with van der Waals surface area (Å²) >= 11 is 17.9. The molecule has 0 spiro atoms. The second-order valence-corrected chi connectivity index (χ2v) is 6.58. The summed E-state index contributed by atoms with van der Waals surface area (Å²) < 4.78 is 13.1. The molecule has 0 aliphatic carbocycles. The number of hydrogen-bond donors (Lipinski definition) is 1. The van der Waals surface area contributed by atoms with Crippen LogP contribution in [0.5, 0.6) is 0 Å². The van der Waals surface area contributed by atoms with Crippen LogP contribution >= 0.6 is 34.8 Å². The summed E-state index contributed by atoms with van der Waals surface area (Å²) in [5.74, 6) is -0.541. The molecule has 2 rings (SSSR count). The largest absolute Gasteiger partial charge is 0.370 e. The van der Waals surface area contributed by atoms with Gasteiger partial charge in [0, 0.05) is 45.3 Å². The van der Waals surface area contributed by atoms with Gasteiger partial charge in [0.05, 0.1) is 20.8 Å². The minimum atomic E-state index is -0.541. The van der Waals surface area contributed by atoms with Gasteiger partial charge in [-0.15, -0.1) is 0 Å². The number of nitrogens with zero attached hydrogens (tertiary/aromatic N) is 3. The number of pyridine rings is 1. The molecule has 1 aromatic carbocycles. The van der Waals surface area contributed by atoms with E-state index in [-0.39, 0.29) is 11.1 Å². The fourth-order valence-electron chi connectivity index (χ4n) is 2.08. The summed E-state index contributed by atoms with van der Waals surface area (Å²) in [6, 6.07) is 3.64. The van der Waals surface area contributed by atoms with E-state index in [4.69, 9.17) is 34.8 Å². The Morgan fingerprint density at radius 1 is 1.12 bits per heavy atom. The topological polar surface area (TPSA) is 48.5 Å². The maximum atomic E-state index is 13.1. The highest BCUT2D eigenvalue weighted by Gasteiger charge is 2.14. The number of rotatable bonds is 5. The van der Waals surface area contributed by atoms with Crippen molar-refractivity contribution in [3.8, 4) is 0 Å². The van der Waals surface area contributed by atoms with Gasteiger partial charge in [-0.25, -0.2) is 9.18 Å². The Kier molecular flexibility index (Phi) is 6.70. The van der Waals surface area contributed by atoms with Crippen molar-refractivity contribution in [1.82, 2.24) is 9.88 Å². The van der Waals surface area contributed by atoms with E-state index < -0.39 is 5.82 Å². The van der Waals surface area contributed by atoms with Crippen molar-refractivity contribution in [2.75, 3.05) is 37.4 Å². The standard InChI is InChI=1S/C16H16Cl3FN4O/c1-23(15-12(18)8-21-9-13(15)19)5-6-24(2)16(25)22-10-3-4-14(20)11(17)7-10/h3-4,7-9H,5-6H2,1-2H3,(H,22,25). The molecular weight excluding hydrogens is 390 g/mol. The van der Waals surface area contributed by atoms with Crippen molar-refractivity contribution < 1.29 is 9.18 Å². The van der Waals surface area contributed by atoms with Crippen LogP contribution in [-0.2, 0) is 0 Å². The third kappa shape index (κ3) is 5.11. The van der Waals surface area contributed by atoms with Crippen LogP contribution in [0.25, 0.3) is 0 Å². The second-order valence-electron chi connectivity index (χ2n) is 5.35. The third-order valence-corrected chi connectivity index (χ3v) is 4.34. The van der Waals surface area contributed by atoms with Gasteiger partial charge in [0.25, 0.3) is 0 Å². The smallest absolute Gasteiger partial charge is 0.321 e. The van der Waals surface area contributed by atoms with Crippen LogP contribution in [0.3, 0.4) is 0 Å². The normalized spacial score (nSPS) is 10.5. The number of urea groups is 1. The lowest BCUT2D eigenvalue weighted by atomic mass is 10.3. The molecule has 0 aliphatic rings. The van der Waals surface area contributed by atoms with Crippen molar-refractivity contribution >= 4 is 52.2 Å². The summed E-state index contributed by atoms with van der Waals surface area (Å²) in [6.07, 6.45) is 3.02. The summed E-state index contributed by atoms with van der Waals surface area (Å²) in [5.41, 5.74) is 1.06. The zero-order valence-corrected chi connectivity index (χ0v) is 15.8. The van der Waals surface area contributed by atoms with Gasteiger partial charge < -0.3 is 15.1 Å². The highest BCUT2D eigenvalue weighted by Crippen LogP contribution is 2.31. The number of carbonyl (C=O) groups excluding carboxylic acids is 1. The number of halogens is 4. The van der Waals surface area contributed by atoms with E-state index in [1.54, 1.807) is 7.05 Å². The Labute approximate surface area is 160 Å². The van der Waals surface area contributed by atoms with Crippen molar-refractivity contribution in [2.24, 2.45) is 0 Å². The molecule has 2 amide bonds. The molecule has 0 radical (unpaired) electrons. The first-order chi connectivity index (χ1) is 11.8. The summed E-state index contributed by atoms with van der Waals surface area (Å²) in [5, 5.41) is 3.46. The summed E-state index contributed by atoms with van der Waals surface area (Å²) in [4.78, 5) is 19.4. The Balaban J connectivity index is 1.93. The fraction of sp³-hybridized carbons (Fsp3) is 0.250. The molecule has 0 aliphatic heterocycles. The number of benzene rings is 1. The number of hydrogen-bond acceptors (Lipinski definition) is 3. The molecule has 2 aromatic rings. The average Bonchev–Trinajstić information content (AvgIpc) is 2.55. The van der Waals surface area contributed by atoms with Gasteiger partial charge in [0.2, 0.25) is 0 Å². The van der Waals surface area contributed by atoms with Crippen molar-refractivity contribution in [3.05, 3.63) is 51.5 Å². The number of nitrogens with one attached hydrogen (secondary N) is 1. The molecule has 0 fully saturated rings. The Morgan fingerprint density at radius 3 is 2.36 bits per heavy atom. The van der Waals surface area contributed by atoms with Gasteiger partial charge in [-0.05, 0) is 18.2 Å². The number of anilines is 2. The number of likely N-dealkylation sites (N-methyl/N-ethyl adjacent to an activating group) is 2. The van der Waals surface area contributed by atoms with Crippen LogP contribution in [0.15, 0.2) is 30.6 Å². The van der Waals surface area contributed by atoms with Crippen LogP contribution in [0.2, 0.25) is 15.1 Å². The third-order valence-electron chi connectivity index (χ3n) is 3.50. The van der Waals surface area contributed by atoms with E-state index in [0.29, 0.717) is 34.5 Å². The Morgan fingerprint density at radius 2 is 1.76 bits per heavy atom. The van der Waals surface area contributed by atoms with Gasteiger partial charge in [-0.2, -0.15) is 0 Å². The van der Waals surface area contributed by atoms with E-state index in [1.165, 1.54) is 35.5 Å². The van der Waals surface area contributed by atoms with Crippen LogP contribution < -0.4 is 10.2 Å². The lowest BCUT2D eigenvalue weighted by Crippen LogP contribution is -2.37. The molecule has 1 aromatic heterocycles. The highest BCUT2D eigenvalue weighted by atomic mass is 35.5. The number of aromatic nitrogens is 1. The molecule has 0 unspecified atom stereocenters. The SMILES string of the molecule is CN(CCN(C)c1c(Cl)cncc1Cl)C(=O)Nc1ccc(F)c(Cl)c1. The first-order valence-corrected chi connectivity index (χ1v) is 8.40. The predicted molar refractivity (Wildman–Crippen MR) is 101 cm³/mol. The van der Waals surface area contributed by atoms with Crippen molar-refractivity contribution in [1.29, 1.82) is 0 Å². The fourth-order valence-corrected chi connectivity index (χ4v) is 2.91. The van der Waals surface area contributed by atoms with E-state index in [2.05, 4.69) is 10.3 Å². The van der Waals surface area contributed by atoms with Gasteiger partial charge in [0.15, 0.2) is 0 Å². The van der Waals surface area contributed by atoms with E-state index >= 15 is 0 Å². The molecule has 9 heteroatoms. The van der Waals surface area contributed by atoms with Crippen molar-refractivity contribution in [3.63, 3.8) is 0 Å².